The molecule has 0 aromatic carbocycles. The number of nitrogens with zero attached hydrogens (tertiary/aromatic N) is 2. The van der Waals surface area contributed by atoms with Crippen molar-refractivity contribution in [3.8, 4) is 0 Å². The summed E-state index contributed by atoms with van der Waals surface area (Å²) in [4.78, 5) is 9.60. The van der Waals surface area contributed by atoms with Crippen molar-refractivity contribution in [1.82, 2.24) is 9.97 Å². The van der Waals surface area contributed by atoms with Gasteiger partial charge in [-0.1, -0.05) is 0 Å². The van der Waals surface area contributed by atoms with Crippen molar-refractivity contribution < 1.29 is 0 Å². The molecule has 4 bridgehead atoms. The fourth-order valence-electron chi connectivity index (χ4n) is 5.30. The summed E-state index contributed by atoms with van der Waals surface area (Å²) in [6.45, 7) is 3.01. The van der Waals surface area contributed by atoms with Crippen LogP contribution in [0.5, 0.6) is 0 Å². The Morgan fingerprint density at radius 1 is 1.20 bits per heavy atom. The lowest BCUT2D eigenvalue weighted by atomic mass is 9.49. The zero-order chi connectivity index (χ0) is 13.7. The molecule has 0 amide bonds. The second-order valence-electron chi connectivity index (χ2n) is 7.12. The molecule has 4 aliphatic rings. The molecule has 3 nitrogen and oxygen atoms in total. The molecule has 0 radical (unpaired) electrons. The summed E-state index contributed by atoms with van der Waals surface area (Å²) in [5, 5.41) is 3.35. The Kier molecular flexibility index (Phi) is 3.06. The van der Waals surface area contributed by atoms with E-state index in [4.69, 9.17) is 9.97 Å². The predicted molar refractivity (Wildman–Crippen MR) is 83.7 cm³/mol. The summed E-state index contributed by atoms with van der Waals surface area (Å²) in [5.74, 6) is 4.90. The van der Waals surface area contributed by atoms with Gasteiger partial charge in [-0.25, -0.2) is 9.97 Å². The SMILES string of the molecule is CCNc1nc(C23CC4CC(CC(C4)C2)C3)ncc1Br. The first-order valence-electron chi connectivity index (χ1n) is 7.95. The highest BCUT2D eigenvalue weighted by Gasteiger charge is 2.53. The summed E-state index contributed by atoms with van der Waals surface area (Å²) in [6, 6.07) is 0. The van der Waals surface area contributed by atoms with E-state index in [-0.39, 0.29) is 0 Å². The first-order chi connectivity index (χ1) is 9.68. The third kappa shape index (κ3) is 1.99. The molecule has 108 valence electrons. The lowest BCUT2D eigenvalue weighted by Gasteiger charge is -2.56. The summed E-state index contributed by atoms with van der Waals surface area (Å²) < 4.78 is 0.979. The molecule has 1 N–H and O–H groups in total. The minimum atomic E-state index is 0.291. The molecule has 1 heterocycles. The monoisotopic (exact) mass is 335 g/mol. The number of hydrogen-bond donors (Lipinski definition) is 1. The van der Waals surface area contributed by atoms with Crippen LogP contribution in [0.15, 0.2) is 10.7 Å². The third-order valence-electron chi connectivity index (χ3n) is 5.60. The zero-order valence-corrected chi connectivity index (χ0v) is 13.6. The van der Waals surface area contributed by atoms with Gasteiger partial charge in [-0.3, -0.25) is 0 Å². The zero-order valence-electron chi connectivity index (χ0n) is 12.0. The van der Waals surface area contributed by atoms with Crippen molar-refractivity contribution in [3.05, 3.63) is 16.5 Å². The highest BCUT2D eigenvalue weighted by atomic mass is 79.9. The minimum absolute atomic E-state index is 0.291. The molecule has 0 spiro atoms. The molecule has 4 saturated carbocycles. The number of nitrogens with one attached hydrogen (secondary N) is 1. The molecule has 0 saturated heterocycles. The van der Waals surface area contributed by atoms with E-state index in [0.717, 1.165) is 40.4 Å². The van der Waals surface area contributed by atoms with Crippen molar-refractivity contribution in [1.29, 1.82) is 0 Å². The normalized spacial score (nSPS) is 38.2. The lowest BCUT2D eigenvalue weighted by Crippen LogP contribution is -2.49. The van der Waals surface area contributed by atoms with Crippen molar-refractivity contribution in [2.24, 2.45) is 17.8 Å². The van der Waals surface area contributed by atoms with Crippen LogP contribution in [0.2, 0.25) is 0 Å². The summed E-state index contributed by atoms with van der Waals surface area (Å²) in [5.41, 5.74) is 0.291. The molecule has 0 atom stereocenters. The summed E-state index contributed by atoms with van der Waals surface area (Å²) in [6.07, 6.45) is 10.3. The lowest BCUT2D eigenvalue weighted by molar-refractivity contribution is -0.00935. The molecule has 4 fully saturated rings. The summed E-state index contributed by atoms with van der Waals surface area (Å²) >= 11 is 3.55. The molecule has 0 aliphatic heterocycles. The largest absolute Gasteiger partial charge is 0.369 e. The number of halogens is 1. The van der Waals surface area contributed by atoms with Crippen LogP contribution in [-0.2, 0) is 5.41 Å². The van der Waals surface area contributed by atoms with E-state index >= 15 is 0 Å². The van der Waals surface area contributed by atoms with Crippen LogP contribution in [0.25, 0.3) is 0 Å². The Balaban J connectivity index is 1.71. The van der Waals surface area contributed by atoms with Gasteiger partial charge in [0.25, 0.3) is 0 Å². The maximum Gasteiger partial charge on any atom is 0.144 e. The van der Waals surface area contributed by atoms with E-state index in [1.54, 1.807) is 0 Å². The molecule has 1 aromatic heterocycles. The van der Waals surface area contributed by atoms with Crippen molar-refractivity contribution in [3.63, 3.8) is 0 Å². The van der Waals surface area contributed by atoms with E-state index < -0.39 is 0 Å². The van der Waals surface area contributed by atoms with Gasteiger partial charge in [-0.2, -0.15) is 0 Å². The fourth-order valence-corrected chi connectivity index (χ4v) is 5.63. The van der Waals surface area contributed by atoms with Gasteiger partial charge in [0.15, 0.2) is 0 Å². The molecular weight excluding hydrogens is 314 g/mol. The van der Waals surface area contributed by atoms with Crippen LogP contribution >= 0.6 is 15.9 Å². The van der Waals surface area contributed by atoms with Gasteiger partial charge in [-0.05, 0) is 79.1 Å². The van der Waals surface area contributed by atoms with Crippen molar-refractivity contribution >= 4 is 21.7 Å². The minimum Gasteiger partial charge on any atom is -0.369 e. The Labute approximate surface area is 129 Å². The van der Waals surface area contributed by atoms with Gasteiger partial charge < -0.3 is 5.32 Å². The summed E-state index contributed by atoms with van der Waals surface area (Å²) in [7, 11) is 0. The van der Waals surface area contributed by atoms with Crippen LogP contribution in [0, 0.1) is 17.8 Å². The number of rotatable bonds is 3. The molecule has 4 heteroatoms. The van der Waals surface area contributed by atoms with Crippen LogP contribution in [-0.4, -0.2) is 16.5 Å². The Morgan fingerprint density at radius 3 is 2.35 bits per heavy atom. The number of anilines is 1. The van der Waals surface area contributed by atoms with E-state index in [1.807, 2.05) is 6.20 Å². The average Bonchev–Trinajstić information content (AvgIpc) is 2.40. The van der Waals surface area contributed by atoms with E-state index in [1.165, 1.54) is 38.5 Å². The number of hydrogen-bond acceptors (Lipinski definition) is 3. The van der Waals surface area contributed by atoms with Crippen molar-refractivity contribution in [2.75, 3.05) is 11.9 Å². The maximum atomic E-state index is 4.88. The Hall–Kier alpha value is -0.640. The quantitative estimate of drug-likeness (QED) is 0.901. The van der Waals surface area contributed by atoms with E-state index in [2.05, 4.69) is 28.2 Å². The van der Waals surface area contributed by atoms with Gasteiger partial charge >= 0.3 is 0 Å². The van der Waals surface area contributed by atoms with Crippen molar-refractivity contribution in [2.45, 2.75) is 50.9 Å². The third-order valence-corrected chi connectivity index (χ3v) is 6.18. The van der Waals surface area contributed by atoms with Gasteiger partial charge in [-0.15, -0.1) is 0 Å². The molecule has 5 rings (SSSR count). The first-order valence-corrected chi connectivity index (χ1v) is 8.75. The molecule has 4 aliphatic carbocycles. The first kappa shape index (κ1) is 13.1. The fraction of sp³-hybridized carbons (Fsp3) is 0.750. The van der Waals surface area contributed by atoms with Gasteiger partial charge in [0.2, 0.25) is 0 Å². The Morgan fingerprint density at radius 2 is 1.80 bits per heavy atom. The second kappa shape index (κ2) is 4.69. The van der Waals surface area contributed by atoms with E-state index in [0.29, 0.717) is 5.41 Å². The van der Waals surface area contributed by atoms with Crippen LogP contribution in [0.1, 0.15) is 51.3 Å². The second-order valence-corrected chi connectivity index (χ2v) is 7.97. The average molecular weight is 336 g/mol. The Bertz CT molecular complexity index is 493. The topological polar surface area (TPSA) is 37.8 Å². The predicted octanol–water partition coefficient (Wildman–Crippen LogP) is 4.14. The highest BCUT2D eigenvalue weighted by Crippen LogP contribution is 2.60. The highest BCUT2D eigenvalue weighted by molar-refractivity contribution is 9.10. The van der Waals surface area contributed by atoms with E-state index in [9.17, 15) is 0 Å². The molecular formula is C16H22BrN3. The standard InChI is InChI=1S/C16H22BrN3/c1-2-18-14-13(17)9-19-15(20-14)16-6-10-3-11(7-16)5-12(4-10)8-16/h9-12H,2-8H2,1H3,(H,18,19,20). The maximum absolute atomic E-state index is 4.88. The molecule has 20 heavy (non-hydrogen) atoms. The smallest absolute Gasteiger partial charge is 0.144 e. The van der Waals surface area contributed by atoms with Gasteiger partial charge in [0.05, 0.1) is 4.47 Å². The van der Waals surface area contributed by atoms with Crippen LogP contribution < -0.4 is 5.32 Å². The van der Waals surface area contributed by atoms with Gasteiger partial charge in [0, 0.05) is 18.2 Å². The van der Waals surface area contributed by atoms with Crippen LogP contribution in [0.3, 0.4) is 0 Å². The number of aromatic nitrogens is 2. The van der Waals surface area contributed by atoms with Crippen LogP contribution in [0.4, 0.5) is 5.82 Å². The molecule has 0 unspecified atom stereocenters. The van der Waals surface area contributed by atoms with Gasteiger partial charge in [0.1, 0.15) is 11.6 Å². The molecule has 1 aromatic rings.